The van der Waals surface area contributed by atoms with E-state index in [2.05, 4.69) is 441 Å². The van der Waals surface area contributed by atoms with Gasteiger partial charge in [0.15, 0.2) is 17.5 Å². The van der Waals surface area contributed by atoms with Crippen molar-refractivity contribution < 1.29 is 0 Å². The molecule has 22 rings (SSSR count). The van der Waals surface area contributed by atoms with Crippen molar-refractivity contribution in [3.05, 3.63) is 459 Å². The smallest absolute Gasteiger partial charge is 0.164 e. The van der Waals surface area contributed by atoms with Crippen molar-refractivity contribution in [2.75, 3.05) is 0 Å². The summed E-state index contributed by atoms with van der Waals surface area (Å²) in [5.74, 6) is 1.73. The minimum absolute atomic E-state index is 0.575. The van der Waals surface area contributed by atoms with Gasteiger partial charge in [0.05, 0.1) is 16.4 Å². The Balaban J connectivity index is 0.694. The molecule has 2 aromatic heterocycles. The molecule has 1 unspecified atom stereocenters. The first-order valence-corrected chi connectivity index (χ1v) is 39.8. The molecule has 0 bridgehead atoms. The van der Waals surface area contributed by atoms with E-state index in [4.69, 9.17) is 15.0 Å². The molecule has 18 aromatic carbocycles. The van der Waals surface area contributed by atoms with Crippen LogP contribution in [0.15, 0.2) is 437 Å². The van der Waals surface area contributed by atoms with E-state index >= 15 is 0 Å². The number of hydrogen-bond acceptors (Lipinski definition) is 3. The van der Waals surface area contributed by atoms with Crippen LogP contribution in [0.5, 0.6) is 0 Å². The van der Waals surface area contributed by atoms with Gasteiger partial charge in [0, 0.05) is 33.2 Å². The van der Waals surface area contributed by atoms with Gasteiger partial charge in [-0.05, 0) is 265 Å². The molecular weight excluding hydrogens is 1400 g/mol. The maximum atomic E-state index is 5.66. The van der Waals surface area contributed by atoms with Gasteiger partial charge in [-0.2, -0.15) is 0 Å². The van der Waals surface area contributed by atoms with Crippen LogP contribution in [-0.4, -0.2) is 19.5 Å². The molecule has 0 amide bonds. The van der Waals surface area contributed by atoms with Crippen LogP contribution < -0.4 is 0 Å². The second kappa shape index (κ2) is 28.2. The fourth-order valence-electron chi connectivity index (χ4n) is 18.3. The number of para-hydroxylation sites is 1. The van der Waals surface area contributed by atoms with Crippen molar-refractivity contribution in [2.24, 2.45) is 0 Å². The number of rotatable bonds is 14. The number of aromatic nitrogens is 4. The molecule has 116 heavy (non-hydrogen) atoms. The van der Waals surface area contributed by atoms with Crippen molar-refractivity contribution in [3.63, 3.8) is 0 Å². The zero-order valence-corrected chi connectivity index (χ0v) is 63.4. The Kier molecular flexibility index (Phi) is 16.4. The van der Waals surface area contributed by atoms with Crippen molar-refractivity contribution >= 4 is 21.8 Å². The van der Waals surface area contributed by atoms with E-state index in [1.54, 1.807) is 0 Å². The molecule has 0 fully saturated rings. The quantitative estimate of drug-likeness (QED) is 0.109. The van der Waals surface area contributed by atoms with E-state index in [0.29, 0.717) is 17.5 Å². The summed E-state index contributed by atoms with van der Waals surface area (Å²) < 4.78 is 2.49. The summed E-state index contributed by atoms with van der Waals surface area (Å²) in [5.41, 5.74) is 37.9. The molecule has 0 saturated heterocycles. The highest BCUT2D eigenvalue weighted by molar-refractivity contribution is 6.11. The number of fused-ring (bicyclic) bond motifs is 13. The first-order valence-electron chi connectivity index (χ1n) is 39.8. The van der Waals surface area contributed by atoms with Gasteiger partial charge in [-0.1, -0.05) is 328 Å². The van der Waals surface area contributed by atoms with Crippen LogP contribution in [0, 0.1) is 0 Å². The van der Waals surface area contributed by atoms with E-state index in [9.17, 15) is 0 Å². The van der Waals surface area contributed by atoms with Crippen LogP contribution in [0.3, 0.4) is 0 Å². The number of hydrogen-bond donors (Lipinski definition) is 0. The average Bonchev–Trinajstić information content (AvgIpc) is 1.50. The SMILES string of the molecule is c1ccc(-c2cc(-c3ccccc3)cc(-c3cccc(-c4ccc5c(c4)c4ccccc4n5-c4ccc5c(c4)C4(c6ccccc6-c6ccc(-c7nc(-c8cccc(-c9cc(-c%10ccccc%10)cc(-c%10ccccc%10)c9)c8)nc(-c8cccc(-c9cc(-c%10ccccc%10)cc(-c%10ccccc%10)c9)c8)n7)cc64)c4ccccc4-5)c3)c2)cc1. The fourth-order valence-corrected chi connectivity index (χ4v) is 18.3. The third-order valence-electron chi connectivity index (χ3n) is 23.8. The zero-order valence-electron chi connectivity index (χ0n) is 63.4. The summed E-state index contributed by atoms with van der Waals surface area (Å²) in [4.78, 5) is 16.9. The lowest BCUT2D eigenvalue weighted by Gasteiger charge is -2.31. The molecule has 4 nitrogen and oxygen atoms in total. The summed E-state index contributed by atoms with van der Waals surface area (Å²) >= 11 is 0. The first kappa shape index (κ1) is 67.6. The second-order valence-electron chi connectivity index (χ2n) is 30.6. The van der Waals surface area contributed by atoms with Gasteiger partial charge in [-0.15, -0.1) is 0 Å². The lowest BCUT2D eigenvalue weighted by molar-refractivity contribution is 0.792. The first-order chi connectivity index (χ1) is 57.4. The van der Waals surface area contributed by atoms with Gasteiger partial charge >= 0.3 is 0 Å². The number of benzene rings is 18. The average molecular weight is 1470 g/mol. The van der Waals surface area contributed by atoms with Crippen LogP contribution in [0.25, 0.3) is 195 Å². The molecule has 0 saturated carbocycles. The molecule has 1 atom stereocenters. The normalized spacial score (nSPS) is 13.0. The number of nitrogens with zero attached hydrogens (tertiary/aromatic N) is 4. The Labute approximate surface area is 674 Å². The lowest BCUT2D eigenvalue weighted by atomic mass is 9.70. The van der Waals surface area contributed by atoms with Crippen LogP contribution in [0.1, 0.15) is 22.3 Å². The molecule has 4 heteroatoms. The van der Waals surface area contributed by atoms with Gasteiger partial charge in [0.25, 0.3) is 0 Å². The highest BCUT2D eigenvalue weighted by atomic mass is 15.0. The molecule has 2 aliphatic rings. The maximum absolute atomic E-state index is 5.66. The van der Waals surface area contributed by atoms with E-state index < -0.39 is 5.41 Å². The topological polar surface area (TPSA) is 43.6 Å². The van der Waals surface area contributed by atoms with Crippen LogP contribution >= 0.6 is 0 Å². The summed E-state index contributed by atoms with van der Waals surface area (Å²) in [6.45, 7) is 0. The van der Waals surface area contributed by atoms with Crippen LogP contribution in [-0.2, 0) is 5.41 Å². The van der Waals surface area contributed by atoms with Crippen molar-refractivity contribution in [2.45, 2.75) is 5.41 Å². The van der Waals surface area contributed by atoms with Gasteiger partial charge in [0.2, 0.25) is 0 Å². The minimum atomic E-state index is -0.732. The highest BCUT2D eigenvalue weighted by Crippen LogP contribution is 2.64. The van der Waals surface area contributed by atoms with Crippen molar-refractivity contribution in [1.82, 2.24) is 19.5 Å². The molecule has 0 radical (unpaired) electrons. The van der Waals surface area contributed by atoms with Crippen LogP contribution in [0.2, 0.25) is 0 Å². The Morgan fingerprint density at radius 2 is 0.422 bits per heavy atom. The molecule has 0 aliphatic heterocycles. The Morgan fingerprint density at radius 3 is 0.836 bits per heavy atom. The van der Waals surface area contributed by atoms with E-state index in [-0.39, 0.29) is 0 Å². The zero-order chi connectivity index (χ0) is 76.6. The van der Waals surface area contributed by atoms with Crippen molar-refractivity contribution in [1.29, 1.82) is 0 Å². The second-order valence-corrected chi connectivity index (χ2v) is 30.6. The highest BCUT2D eigenvalue weighted by Gasteiger charge is 2.52. The molecule has 540 valence electrons. The summed E-state index contributed by atoms with van der Waals surface area (Å²) in [5, 5.41) is 2.39. The van der Waals surface area contributed by atoms with Gasteiger partial charge in [-0.3, -0.25) is 0 Å². The Hall–Kier alpha value is -15.2. The fraction of sp³-hybridized carbons (Fsp3) is 0.00893. The molecule has 2 aliphatic carbocycles. The Bertz CT molecular complexity index is 6860. The summed E-state index contributed by atoms with van der Waals surface area (Å²) in [6, 6.07) is 160. The standard InChI is InChI=1S/C112H72N4/c1-7-28-73(29-8-1)87-61-88(74-30-9-2-10-31-74)65-93(64-87)80-41-25-40-79(58-80)83-53-57-108-102(70-83)101-48-21-24-51-107(101)116(108)96-54-56-100-98-47-20-23-50-104(98)112(106(100)72-96)103-49-22-19-46-97(103)99-55-52-86(71-105(99)112)111-114-109(84-44-26-42-81(59-84)94-66-89(75-32-11-3-12-33-75)62-90(67-94)76-34-13-4-14-35-76)113-110(115-111)85-45-27-43-82(60-85)95-68-91(77-36-15-5-16-37-77)63-92(69-95)78-38-17-6-18-39-78/h1-72H. The lowest BCUT2D eigenvalue weighted by Crippen LogP contribution is -2.26. The third kappa shape index (κ3) is 11.8. The van der Waals surface area contributed by atoms with Gasteiger partial charge in [-0.25, -0.2) is 15.0 Å². The Morgan fingerprint density at radius 1 is 0.155 bits per heavy atom. The predicted octanol–water partition coefficient (Wildman–Crippen LogP) is 29.0. The van der Waals surface area contributed by atoms with Gasteiger partial charge < -0.3 is 4.57 Å². The van der Waals surface area contributed by atoms with Crippen molar-refractivity contribution in [3.8, 4) is 173 Å². The van der Waals surface area contributed by atoms with E-state index in [1.807, 2.05) is 0 Å². The summed E-state index contributed by atoms with van der Waals surface area (Å²) in [7, 11) is 0. The summed E-state index contributed by atoms with van der Waals surface area (Å²) in [6.07, 6.45) is 0. The molecular formula is C112H72N4. The predicted molar refractivity (Wildman–Crippen MR) is 481 cm³/mol. The van der Waals surface area contributed by atoms with Crippen LogP contribution in [0.4, 0.5) is 0 Å². The largest absolute Gasteiger partial charge is 0.309 e. The maximum Gasteiger partial charge on any atom is 0.164 e. The molecule has 0 N–H and O–H groups in total. The minimum Gasteiger partial charge on any atom is -0.309 e. The molecule has 2 heterocycles. The molecule has 1 spiro atoms. The monoisotopic (exact) mass is 1470 g/mol. The van der Waals surface area contributed by atoms with Gasteiger partial charge in [0.1, 0.15) is 0 Å². The van der Waals surface area contributed by atoms with E-state index in [1.165, 1.54) is 88.7 Å². The third-order valence-corrected chi connectivity index (χ3v) is 23.8. The molecule has 20 aromatic rings. The van der Waals surface area contributed by atoms with E-state index in [0.717, 1.165) is 111 Å².